The van der Waals surface area contributed by atoms with Crippen LogP contribution in [0.2, 0.25) is 0 Å². The van der Waals surface area contributed by atoms with Crippen molar-refractivity contribution >= 4 is 76.0 Å². The fourth-order valence-electron chi connectivity index (χ4n) is 1.90. The van der Waals surface area contributed by atoms with E-state index in [1.807, 2.05) is 9.80 Å². The zero-order valence-electron chi connectivity index (χ0n) is 9.76. The van der Waals surface area contributed by atoms with Crippen LogP contribution in [0.4, 0.5) is 0 Å². The van der Waals surface area contributed by atoms with E-state index < -0.39 is 13.8 Å². The van der Waals surface area contributed by atoms with Crippen molar-refractivity contribution in [2.24, 2.45) is 0 Å². The summed E-state index contributed by atoms with van der Waals surface area (Å²) in [6, 6.07) is 0. The lowest BCUT2D eigenvalue weighted by Gasteiger charge is -2.41. The number of piperazine rings is 1. The van der Waals surface area contributed by atoms with E-state index in [0.717, 1.165) is 0 Å². The van der Waals surface area contributed by atoms with E-state index in [0.29, 0.717) is 39.1 Å². The Bertz CT molecular complexity index is 297. The number of amides is 1. The summed E-state index contributed by atoms with van der Waals surface area (Å²) in [5, 5.41) is 2.51. The molecule has 0 saturated carbocycles. The normalized spacial score (nSPS) is 21.2. The van der Waals surface area contributed by atoms with Crippen LogP contribution in [0.25, 0.3) is 0 Å². The van der Waals surface area contributed by atoms with Crippen molar-refractivity contribution in [2.75, 3.05) is 32.7 Å². The minimum Gasteiger partial charge on any atom is -0.339 e. The van der Waals surface area contributed by atoms with Crippen LogP contribution in [-0.2, 0) is 4.79 Å². The van der Waals surface area contributed by atoms with Gasteiger partial charge in [-0.2, -0.15) is 0 Å². The fourth-order valence-corrected chi connectivity index (χ4v) is 3.01. The molecule has 112 valence electrons. The largest absolute Gasteiger partial charge is 0.339 e. The SMILES string of the molecule is O=CNC(N1CCN(CC(Cl)(Cl)Cl)CC1)C(Cl)(Cl)Cl. The summed E-state index contributed by atoms with van der Waals surface area (Å²) in [5.74, 6) is 0. The zero-order valence-corrected chi connectivity index (χ0v) is 14.3. The average Bonchev–Trinajstić information content (AvgIpc) is 2.23. The summed E-state index contributed by atoms with van der Waals surface area (Å²) >= 11 is 34.8. The number of alkyl halides is 6. The third kappa shape index (κ3) is 6.62. The predicted molar refractivity (Wildman–Crippen MR) is 81.6 cm³/mol. The Kier molecular flexibility index (Phi) is 7.09. The third-order valence-electron chi connectivity index (χ3n) is 2.71. The molecule has 0 aliphatic carbocycles. The highest BCUT2D eigenvalue weighted by Crippen LogP contribution is 2.33. The van der Waals surface area contributed by atoms with Crippen molar-refractivity contribution in [3.63, 3.8) is 0 Å². The maximum Gasteiger partial charge on any atom is 0.223 e. The summed E-state index contributed by atoms with van der Waals surface area (Å²) in [4.78, 5) is 14.5. The van der Waals surface area contributed by atoms with E-state index in [9.17, 15) is 4.79 Å². The lowest BCUT2D eigenvalue weighted by molar-refractivity contribution is -0.111. The summed E-state index contributed by atoms with van der Waals surface area (Å²) < 4.78 is -2.91. The zero-order chi connectivity index (χ0) is 14.7. The van der Waals surface area contributed by atoms with E-state index in [1.54, 1.807) is 0 Å². The summed E-state index contributed by atoms with van der Waals surface area (Å²) in [5.41, 5.74) is 0. The summed E-state index contributed by atoms with van der Waals surface area (Å²) in [6.07, 6.45) is -0.162. The van der Waals surface area contributed by atoms with Gasteiger partial charge in [0.25, 0.3) is 0 Å². The number of carbonyl (C=O) groups is 1. The molecule has 1 amide bonds. The highest BCUT2D eigenvalue weighted by molar-refractivity contribution is 6.68. The van der Waals surface area contributed by atoms with E-state index in [4.69, 9.17) is 69.6 Å². The van der Waals surface area contributed by atoms with Crippen molar-refractivity contribution in [3.05, 3.63) is 0 Å². The molecule has 1 atom stereocenters. The average molecular weight is 392 g/mol. The molecule has 1 unspecified atom stereocenters. The van der Waals surface area contributed by atoms with Gasteiger partial charge in [0.2, 0.25) is 14.0 Å². The van der Waals surface area contributed by atoms with E-state index in [1.165, 1.54) is 0 Å². The maximum atomic E-state index is 10.6. The monoisotopic (exact) mass is 389 g/mol. The summed E-state index contributed by atoms with van der Waals surface area (Å²) in [6.45, 7) is 2.85. The summed E-state index contributed by atoms with van der Waals surface area (Å²) in [7, 11) is 0. The van der Waals surface area contributed by atoms with Crippen molar-refractivity contribution in [3.8, 4) is 0 Å². The van der Waals surface area contributed by atoms with Crippen LogP contribution in [0.1, 0.15) is 0 Å². The van der Waals surface area contributed by atoms with Gasteiger partial charge in [-0.25, -0.2) is 0 Å². The minimum absolute atomic E-state index is 0.338. The molecule has 1 fully saturated rings. The molecule has 0 aromatic carbocycles. The number of nitrogens with one attached hydrogen (secondary N) is 1. The molecule has 0 aromatic heterocycles. The van der Waals surface area contributed by atoms with Gasteiger partial charge in [0.1, 0.15) is 6.17 Å². The quantitative estimate of drug-likeness (QED) is 0.590. The van der Waals surface area contributed by atoms with Gasteiger partial charge in [0.15, 0.2) is 0 Å². The van der Waals surface area contributed by atoms with Crippen LogP contribution in [0, 0.1) is 0 Å². The molecule has 0 bridgehead atoms. The van der Waals surface area contributed by atoms with Gasteiger partial charge in [-0.3, -0.25) is 14.6 Å². The molecule has 0 aromatic rings. The van der Waals surface area contributed by atoms with Gasteiger partial charge in [-0.05, 0) is 0 Å². The Morgan fingerprint density at radius 1 is 1.05 bits per heavy atom. The van der Waals surface area contributed by atoms with Gasteiger partial charge in [-0.1, -0.05) is 69.6 Å². The molecule has 1 rings (SSSR count). The van der Waals surface area contributed by atoms with Crippen LogP contribution in [0.5, 0.6) is 0 Å². The first-order chi connectivity index (χ1) is 8.63. The number of hydrogen-bond acceptors (Lipinski definition) is 3. The predicted octanol–water partition coefficient (Wildman–Crippen LogP) is 2.42. The van der Waals surface area contributed by atoms with Crippen molar-refractivity contribution in [2.45, 2.75) is 13.8 Å². The third-order valence-corrected chi connectivity index (χ3v) is 3.69. The molecule has 19 heavy (non-hydrogen) atoms. The van der Waals surface area contributed by atoms with Gasteiger partial charge in [0.05, 0.1) is 0 Å². The maximum absolute atomic E-state index is 10.6. The topological polar surface area (TPSA) is 35.6 Å². The Balaban J connectivity index is 2.54. The Morgan fingerprint density at radius 3 is 1.95 bits per heavy atom. The fraction of sp³-hybridized carbons (Fsp3) is 0.889. The van der Waals surface area contributed by atoms with Gasteiger partial charge in [0, 0.05) is 32.7 Å². The van der Waals surface area contributed by atoms with Crippen molar-refractivity contribution in [1.82, 2.24) is 15.1 Å². The highest BCUT2D eigenvalue weighted by Gasteiger charge is 2.38. The molecule has 4 nitrogen and oxygen atoms in total. The molecule has 1 saturated heterocycles. The molecule has 1 aliphatic rings. The molecule has 10 heteroatoms. The molecule has 1 N–H and O–H groups in total. The first-order valence-electron chi connectivity index (χ1n) is 5.43. The highest BCUT2D eigenvalue weighted by atomic mass is 35.6. The second-order valence-corrected chi connectivity index (χ2v) is 9.04. The van der Waals surface area contributed by atoms with Crippen LogP contribution in [0.15, 0.2) is 0 Å². The molecule has 1 heterocycles. The van der Waals surface area contributed by atoms with Crippen molar-refractivity contribution < 1.29 is 4.79 Å². The van der Waals surface area contributed by atoms with Crippen LogP contribution in [-0.4, -0.2) is 62.7 Å². The lowest BCUT2D eigenvalue weighted by Crippen LogP contribution is -2.59. The van der Waals surface area contributed by atoms with Crippen LogP contribution >= 0.6 is 69.6 Å². The molecule has 0 radical (unpaired) electrons. The lowest BCUT2D eigenvalue weighted by atomic mass is 10.3. The number of nitrogens with zero attached hydrogens (tertiary/aromatic N) is 2. The van der Waals surface area contributed by atoms with Crippen LogP contribution < -0.4 is 5.32 Å². The van der Waals surface area contributed by atoms with Gasteiger partial charge >= 0.3 is 0 Å². The standard InChI is InChI=1S/C9H13Cl6N3O/c10-8(11,12)5-17-1-3-18(4-2-17)7(16-6-19)9(13,14)15/h6-7H,1-5H2,(H,16,19). The molecular formula is C9H13Cl6N3O. The van der Waals surface area contributed by atoms with E-state index in [-0.39, 0.29) is 0 Å². The minimum atomic E-state index is -1.60. The molecule has 1 aliphatic heterocycles. The second-order valence-electron chi connectivity index (χ2n) is 4.16. The Labute approximate surface area is 142 Å². The number of carbonyl (C=O) groups excluding carboxylic acids is 1. The molecular weight excluding hydrogens is 379 g/mol. The first kappa shape index (κ1) is 18.2. The molecule has 0 spiro atoms. The van der Waals surface area contributed by atoms with Crippen molar-refractivity contribution in [1.29, 1.82) is 0 Å². The number of hydrogen-bond donors (Lipinski definition) is 1. The van der Waals surface area contributed by atoms with Gasteiger partial charge < -0.3 is 5.32 Å². The first-order valence-corrected chi connectivity index (χ1v) is 7.70. The number of halogens is 6. The Hall–Kier alpha value is 1.13. The van der Waals surface area contributed by atoms with E-state index >= 15 is 0 Å². The number of rotatable bonds is 4. The van der Waals surface area contributed by atoms with E-state index in [2.05, 4.69) is 5.32 Å². The van der Waals surface area contributed by atoms with Crippen LogP contribution in [0.3, 0.4) is 0 Å². The second kappa shape index (κ2) is 7.41. The Morgan fingerprint density at radius 2 is 1.58 bits per heavy atom. The smallest absolute Gasteiger partial charge is 0.223 e. The van der Waals surface area contributed by atoms with Gasteiger partial charge in [-0.15, -0.1) is 0 Å².